The molecule has 0 aromatic heterocycles. The van der Waals surface area contributed by atoms with E-state index in [4.69, 9.17) is 0 Å². The van der Waals surface area contributed by atoms with E-state index in [0.29, 0.717) is 0 Å². The van der Waals surface area contributed by atoms with Crippen molar-refractivity contribution in [2.24, 2.45) is 4.99 Å². The normalized spacial score (nSPS) is 11.3. The van der Waals surface area contributed by atoms with Crippen LogP contribution in [0, 0.1) is 0 Å². The molecule has 2 nitrogen and oxygen atoms in total. The molecule has 1 aromatic carbocycles. The van der Waals surface area contributed by atoms with Crippen molar-refractivity contribution < 1.29 is 0 Å². The van der Waals surface area contributed by atoms with Crippen molar-refractivity contribution in [1.82, 2.24) is 0 Å². The molecule has 0 saturated heterocycles. The Morgan fingerprint density at radius 1 is 1.20 bits per heavy atom. The van der Waals surface area contributed by atoms with Gasteiger partial charge in [0.2, 0.25) is 0 Å². The first-order valence-electron chi connectivity index (χ1n) is 4.66. The van der Waals surface area contributed by atoms with Gasteiger partial charge in [-0.25, -0.2) is 4.99 Å². The lowest BCUT2D eigenvalue weighted by atomic mass is 10.3. The number of nitrogens with zero attached hydrogens (tertiary/aromatic N) is 1. The molecule has 76 valence electrons. The van der Waals surface area contributed by atoms with Gasteiger partial charge in [0.05, 0.1) is 12.0 Å². The van der Waals surface area contributed by atoms with Crippen molar-refractivity contribution in [2.75, 3.05) is 5.32 Å². The number of hydrogen-bond acceptors (Lipinski definition) is 1. The van der Waals surface area contributed by atoms with Crippen molar-refractivity contribution in [3.63, 3.8) is 0 Å². The summed E-state index contributed by atoms with van der Waals surface area (Å²) in [4.78, 5) is 4.16. The van der Waals surface area contributed by atoms with Crippen molar-refractivity contribution in [1.29, 1.82) is 0 Å². The van der Waals surface area contributed by atoms with Crippen LogP contribution in [0.3, 0.4) is 0 Å². The van der Waals surface area contributed by atoms with Crippen LogP contribution in [0.5, 0.6) is 0 Å². The number of aliphatic imine (C=N–C) groups is 1. The number of allylic oxidation sites excluding steroid dienone is 3. The first-order valence-corrected chi connectivity index (χ1v) is 4.66. The van der Waals surface area contributed by atoms with Gasteiger partial charge in [-0.15, -0.1) is 0 Å². The molecule has 0 heterocycles. The Bertz CT molecular complexity index is 375. The molecule has 0 fully saturated rings. The Kier molecular flexibility index (Phi) is 4.67. The lowest BCUT2D eigenvalue weighted by Crippen LogP contribution is -1.93. The second-order valence-electron chi connectivity index (χ2n) is 2.80. The maximum atomic E-state index is 4.16. The van der Waals surface area contributed by atoms with Crippen molar-refractivity contribution in [2.45, 2.75) is 0 Å². The predicted octanol–water partition coefficient (Wildman–Crippen LogP) is 3.38. The van der Waals surface area contributed by atoms with E-state index in [9.17, 15) is 0 Å². The number of nitrogens with one attached hydrogen (secondary N) is 1. The molecule has 2 heteroatoms. The first kappa shape index (κ1) is 11.0. The predicted molar refractivity (Wildman–Crippen MR) is 67.0 cm³/mol. The van der Waals surface area contributed by atoms with Crippen LogP contribution >= 0.6 is 0 Å². The Morgan fingerprint density at radius 3 is 2.53 bits per heavy atom. The maximum Gasteiger partial charge on any atom is 0.0930 e. The quantitative estimate of drug-likeness (QED) is 0.438. The zero-order chi connectivity index (χ0) is 10.9. The Labute approximate surface area is 90.4 Å². The zero-order valence-electron chi connectivity index (χ0n) is 8.56. The highest BCUT2D eigenvalue weighted by Crippen LogP contribution is 2.03. The summed E-state index contributed by atoms with van der Waals surface area (Å²) in [6.07, 6.45) is 6.77. The summed E-state index contributed by atoms with van der Waals surface area (Å²) in [7, 11) is 0. The van der Waals surface area contributed by atoms with Gasteiger partial charge in [-0.05, 0) is 24.3 Å². The monoisotopic (exact) mass is 198 g/mol. The lowest BCUT2D eigenvalue weighted by molar-refractivity contribution is 1.42. The highest BCUT2D eigenvalue weighted by atomic mass is 14.9. The number of rotatable bonds is 5. The van der Waals surface area contributed by atoms with Crippen molar-refractivity contribution >= 4 is 12.0 Å². The SMILES string of the molecule is C=C/C=C(\C=C)N=CNc1ccccc1. The third-order valence-corrected chi connectivity index (χ3v) is 1.72. The van der Waals surface area contributed by atoms with Gasteiger partial charge in [-0.2, -0.15) is 0 Å². The summed E-state index contributed by atoms with van der Waals surface area (Å²) in [5, 5.41) is 3.05. The highest BCUT2D eigenvalue weighted by molar-refractivity contribution is 5.76. The third-order valence-electron chi connectivity index (χ3n) is 1.72. The van der Waals surface area contributed by atoms with Gasteiger partial charge in [-0.3, -0.25) is 0 Å². The maximum absolute atomic E-state index is 4.16. The van der Waals surface area contributed by atoms with E-state index in [1.54, 1.807) is 24.6 Å². The van der Waals surface area contributed by atoms with E-state index in [-0.39, 0.29) is 0 Å². The molecule has 15 heavy (non-hydrogen) atoms. The Balaban J connectivity index is 2.56. The fourth-order valence-corrected chi connectivity index (χ4v) is 1.00. The van der Waals surface area contributed by atoms with Crippen molar-refractivity contribution in [3.05, 3.63) is 67.4 Å². The second kappa shape index (κ2) is 6.38. The largest absolute Gasteiger partial charge is 0.346 e. The van der Waals surface area contributed by atoms with E-state index in [1.807, 2.05) is 30.3 Å². The van der Waals surface area contributed by atoms with Crippen LogP contribution in [0.15, 0.2) is 72.4 Å². The molecule has 0 aliphatic heterocycles. The summed E-state index contributed by atoms with van der Waals surface area (Å²) >= 11 is 0. The van der Waals surface area contributed by atoms with E-state index in [2.05, 4.69) is 23.5 Å². The van der Waals surface area contributed by atoms with Gasteiger partial charge in [0, 0.05) is 5.69 Å². The van der Waals surface area contributed by atoms with E-state index < -0.39 is 0 Å². The van der Waals surface area contributed by atoms with Gasteiger partial charge in [0.15, 0.2) is 0 Å². The second-order valence-corrected chi connectivity index (χ2v) is 2.80. The van der Waals surface area contributed by atoms with E-state index in [1.165, 1.54) is 0 Å². The van der Waals surface area contributed by atoms with Crippen LogP contribution in [-0.2, 0) is 0 Å². The van der Waals surface area contributed by atoms with Crippen LogP contribution in [0.1, 0.15) is 0 Å². The molecule has 0 amide bonds. The smallest absolute Gasteiger partial charge is 0.0930 e. The fraction of sp³-hybridized carbons (Fsp3) is 0. The number of para-hydroxylation sites is 1. The molecule has 0 atom stereocenters. The van der Waals surface area contributed by atoms with E-state index >= 15 is 0 Å². The van der Waals surface area contributed by atoms with Crippen LogP contribution in [-0.4, -0.2) is 6.34 Å². The minimum Gasteiger partial charge on any atom is -0.346 e. The molecule has 1 aromatic rings. The van der Waals surface area contributed by atoms with Gasteiger partial charge in [-0.1, -0.05) is 37.4 Å². The summed E-state index contributed by atoms with van der Waals surface area (Å²) < 4.78 is 0. The van der Waals surface area contributed by atoms with Crippen LogP contribution in [0.25, 0.3) is 0 Å². The molecular weight excluding hydrogens is 184 g/mol. The molecule has 0 aliphatic rings. The average molecular weight is 198 g/mol. The Hall–Kier alpha value is -2.09. The summed E-state index contributed by atoms with van der Waals surface area (Å²) in [6, 6.07) is 9.83. The molecule has 0 saturated carbocycles. The van der Waals surface area contributed by atoms with Crippen molar-refractivity contribution in [3.8, 4) is 0 Å². The lowest BCUT2D eigenvalue weighted by Gasteiger charge is -1.98. The number of benzene rings is 1. The Morgan fingerprint density at radius 2 is 1.93 bits per heavy atom. The average Bonchev–Trinajstić information content (AvgIpc) is 2.29. The molecule has 1 rings (SSSR count). The van der Waals surface area contributed by atoms with E-state index in [0.717, 1.165) is 11.4 Å². The molecular formula is C13H14N2. The van der Waals surface area contributed by atoms with Crippen LogP contribution in [0.4, 0.5) is 5.69 Å². The first-order chi connectivity index (χ1) is 7.36. The standard InChI is InChI=1S/C13H14N2/c1-3-8-12(4-2)14-11-15-13-9-6-5-7-10-13/h3-11H,1-2H2,(H,14,15)/b12-8+. The summed E-state index contributed by atoms with van der Waals surface area (Å²) in [5.41, 5.74) is 1.77. The minimum absolute atomic E-state index is 0.772. The molecule has 0 unspecified atom stereocenters. The highest BCUT2D eigenvalue weighted by Gasteiger charge is 1.85. The molecule has 0 radical (unpaired) electrons. The van der Waals surface area contributed by atoms with Gasteiger partial charge < -0.3 is 5.32 Å². The number of hydrogen-bond donors (Lipinski definition) is 1. The van der Waals surface area contributed by atoms with Gasteiger partial charge in [0.1, 0.15) is 0 Å². The molecule has 0 spiro atoms. The summed E-state index contributed by atoms with van der Waals surface area (Å²) in [6.45, 7) is 7.24. The van der Waals surface area contributed by atoms with Gasteiger partial charge >= 0.3 is 0 Å². The van der Waals surface area contributed by atoms with Crippen LogP contribution < -0.4 is 5.32 Å². The number of anilines is 1. The fourth-order valence-electron chi connectivity index (χ4n) is 1.00. The topological polar surface area (TPSA) is 24.4 Å². The third kappa shape index (κ3) is 4.09. The molecule has 1 N–H and O–H groups in total. The molecule has 0 aliphatic carbocycles. The minimum atomic E-state index is 0.772. The molecule has 0 bridgehead atoms. The zero-order valence-corrected chi connectivity index (χ0v) is 8.56. The van der Waals surface area contributed by atoms with Gasteiger partial charge in [0.25, 0.3) is 0 Å². The summed E-state index contributed by atoms with van der Waals surface area (Å²) in [5.74, 6) is 0. The van der Waals surface area contributed by atoms with Crippen LogP contribution in [0.2, 0.25) is 0 Å².